The molecule has 5 heteroatoms. The van der Waals surface area contributed by atoms with Crippen LogP contribution in [0.2, 0.25) is 0 Å². The van der Waals surface area contributed by atoms with E-state index in [2.05, 4.69) is 4.74 Å². The van der Waals surface area contributed by atoms with Crippen LogP contribution in [0.15, 0.2) is 36.4 Å². The Bertz CT molecular complexity index is 646. The molecule has 0 atom stereocenters. The van der Waals surface area contributed by atoms with Crippen LogP contribution in [0.1, 0.15) is 31.8 Å². The molecule has 1 aromatic heterocycles. The summed E-state index contributed by atoms with van der Waals surface area (Å²) in [6.45, 7) is 4.49. The van der Waals surface area contributed by atoms with E-state index in [1.54, 1.807) is 17.0 Å². The summed E-state index contributed by atoms with van der Waals surface area (Å²) in [7, 11) is 1.33. The van der Waals surface area contributed by atoms with E-state index >= 15 is 0 Å². The molecule has 1 aromatic carbocycles. The first-order valence-corrected chi connectivity index (χ1v) is 7.45. The van der Waals surface area contributed by atoms with Crippen molar-refractivity contribution < 1.29 is 14.3 Å². The van der Waals surface area contributed by atoms with Crippen molar-refractivity contribution in [2.24, 2.45) is 0 Å². The van der Waals surface area contributed by atoms with E-state index in [1.165, 1.54) is 7.11 Å². The third kappa shape index (κ3) is 3.31. The molecule has 0 unspecified atom stereocenters. The molecule has 21 heavy (non-hydrogen) atoms. The molecule has 0 fully saturated rings. The minimum atomic E-state index is -0.419. The zero-order chi connectivity index (χ0) is 15.4. The minimum absolute atomic E-state index is 0.110. The third-order valence-electron chi connectivity index (χ3n) is 3.11. The molecule has 110 valence electrons. The number of benzene rings is 1. The van der Waals surface area contributed by atoms with Gasteiger partial charge in [0.2, 0.25) is 0 Å². The fourth-order valence-corrected chi connectivity index (χ4v) is 2.84. The van der Waals surface area contributed by atoms with Crippen LogP contribution in [-0.2, 0) is 4.74 Å². The van der Waals surface area contributed by atoms with Gasteiger partial charge >= 0.3 is 5.97 Å². The second-order valence-electron chi connectivity index (χ2n) is 4.54. The Labute approximate surface area is 128 Å². The highest BCUT2D eigenvalue weighted by Crippen LogP contribution is 2.23. The van der Waals surface area contributed by atoms with Gasteiger partial charge in [-0.25, -0.2) is 4.79 Å². The van der Waals surface area contributed by atoms with Crippen molar-refractivity contribution in [1.29, 1.82) is 0 Å². The van der Waals surface area contributed by atoms with Crippen molar-refractivity contribution in [3.8, 4) is 0 Å². The molecule has 0 aliphatic carbocycles. The van der Waals surface area contributed by atoms with Crippen molar-refractivity contribution in [3.05, 3.63) is 51.7 Å². The van der Waals surface area contributed by atoms with Gasteiger partial charge in [-0.05, 0) is 38.1 Å². The molecule has 0 saturated heterocycles. The molecule has 0 bridgehead atoms. The predicted molar refractivity (Wildman–Crippen MR) is 84.2 cm³/mol. The maximum Gasteiger partial charge on any atom is 0.348 e. The van der Waals surface area contributed by atoms with E-state index in [9.17, 15) is 9.59 Å². The zero-order valence-electron chi connectivity index (χ0n) is 12.3. The van der Waals surface area contributed by atoms with E-state index in [-0.39, 0.29) is 5.91 Å². The average molecular weight is 303 g/mol. The molecule has 0 N–H and O–H groups in total. The third-order valence-corrected chi connectivity index (χ3v) is 4.16. The summed E-state index contributed by atoms with van der Waals surface area (Å²) < 4.78 is 4.66. The van der Waals surface area contributed by atoms with Gasteiger partial charge in [-0.15, -0.1) is 11.3 Å². The average Bonchev–Trinajstić information content (AvgIpc) is 2.99. The van der Waals surface area contributed by atoms with Gasteiger partial charge in [-0.3, -0.25) is 4.79 Å². The van der Waals surface area contributed by atoms with Gasteiger partial charge in [0.1, 0.15) is 4.88 Å². The molecule has 2 rings (SSSR count). The number of rotatable bonds is 4. The highest BCUT2D eigenvalue weighted by atomic mass is 32.1. The van der Waals surface area contributed by atoms with Crippen LogP contribution in [0.4, 0.5) is 5.69 Å². The van der Waals surface area contributed by atoms with Crippen LogP contribution in [0.25, 0.3) is 0 Å². The first-order chi connectivity index (χ1) is 10.1. The Morgan fingerprint density at radius 1 is 1.10 bits per heavy atom. The molecule has 4 nitrogen and oxygen atoms in total. The summed E-state index contributed by atoms with van der Waals surface area (Å²) >= 11 is 1.15. The number of nitrogens with zero attached hydrogens (tertiary/aromatic N) is 1. The van der Waals surface area contributed by atoms with Gasteiger partial charge in [-0.1, -0.05) is 17.7 Å². The smallest absolute Gasteiger partial charge is 0.348 e. The maximum absolute atomic E-state index is 12.6. The summed E-state index contributed by atoms with van der Waals surface area (Å²) in [5, 5.41) is 0. The standard InChI is InChI=1S/C16H17NO3S/c1-4-17(12-7-5-11(2)6-8-12)15(18)13-9-10-14(21-13)16(19)20-3/h5-10H,4H2,1-3H3. The lowest BCUT2D eigenvalue weighted by Gasteiger charge is -2.20. The molecule has 0 radical (unpaired) electrons. The van der Waals surface area contributed by atoms with E-state index < -0.39 is 5.97 Å². The second-order valence-corrected chi connectivity index (χ2v) is 5.62. The first-order valence-electron chi connectivity index (χ1n) is 6.63. The van der Waals surface area contributed by atoms with E-state index in [1.807, 2.05) is 38.1 Å². The van der Waals surface area contributed by atoms with Crippen molar-refractivity contribution in [1.82, 2.24) is 0 Å². The molecular weight excluding hydrogens is 286 g/mol. The Balaban J connectivity index is 2.26. The number of thiophene rings is 1. The second kappa shape index (κ2) is 6.54. The number of hydrogen-bond acceptors (Lipinski definition) is 4. The SMILES string of the molecule is CCN(C(=O)c1ccc(C(=O)OC)s1)c1ccc(C)cc1. The highest BCUT2D eigenvalue weighted by Gasteiger charge is 2.19. The number of aryl methyl sites for hydroxylation is 1. The zero-order valence-corrected chi connectivity index (χ0v) is 13.1. The number of methoxy groups -OCH3 is 1. The number of ether oxygens (including phenoxy) is 1. The largest absolute Gasteiger partial charge is 0.465 e. The van der Waals surface area contributed by atoms with Crippen LogP contribution in [0.3, 0.4) is 0 Å². The van der Waals surface area contributed by atoms with E-state index in [4.69, 9.17) is 0 Å². The van der Waals surface area contributed by atoms with Crippen LogP contribution < -0.4 is 4.90 Å². The first kappa shape index (κ1) is 15.3. The number of amides is 1. The quantitative estimate of drug-likeness (QED) is 0.812. The highest BCUT2D eigenvalue weighted by molar-refractivity contribution is 7.16. The molecule has 2 aromatic rings. The Hall–Kier alpha value is -2.14. The van der Waals surface area contributed by atoms with Gasteiger partial charge in [0.25, 0.3) is 5.91 Å². The number of carbonyl (C=O) groups excluding carboxylic acids is 2. The number of hydrogen-bond donors (Lipinski definition) is 0. The van der Waals surface area contributed by atoms with Crippen LogP contribution in [0.5, 0.6) is 0 Å². The number of carbonyl (C=O) groups is 2. The van der Waals surface area contributed by atoms with Gasteiger partial charge in [-0.2, -0.15) is 0 Å². The lowest BCUT2D eigenvalue weighted by Crippen LogP contribution is -2.29. The van der Waals surface area contributed by atoms with Gasteiger partial charge < -0.3 is 9.64 Å². The van der Waals surface area contributed by atoms with Crippen LogP contribution in [0, 0.1) is 6.92 Å². The van der Waals surface area contributed by atoms with Crippen molar-refractivity contribution in [2.75, 3.05) is 18.6 Å². The van der Waals surface area contributed by atoms with E-state index in [0.717, 1.165) is 22.6 Å². The minimum Gasteiger partial charge on any atom is -0.465 e. The van der Waals surface area contributed by atoms with Gasteiger partial charge in [0.15, 0.2) is 0 Å². The van der Waals surface area contributed by atoms with Crippen LogP contribution >= 0.6 is 11.3 Å². The summed E-state index contributed by atoms with van der Waals surface area (Å²) in [6, 6.07) is 11.1. The number of esters is 1. The molecule has 0 aliphatic rings. The molecular formula is C16H17NO3S. The summed E-state index contributed by atoms with van der Waals surface area (Å²) in [6.07, 6.45) is 0. The lowest BCUT2D eigenvalue weighted by atomic mass is 10.2. The fraction of sp³-hybridized carbons (Fsp3) is 0.250. The predicted octanol–water partition coefficient (Wildman–Crippen LogP) is 3.51. The molecule has 1 heterocycles. The molecule has 0 aliphatic heterocycles. The monoisotopic (exact) mass is 303 g/mol. The summed E-state index contributed by atoms with van der Waals surface area (Å²) in [5.74, 6) is -0.529. The fourth-order valence-electron chi connectivity index (χ4n) is 1.96. The molecule has 0 spiro atoms. The number of anilines is 1. The van der Waals surface area contributed by atoms with Gasteiger partial charge in [0, 0.05) is 12.2 Å². The van der Waals surface area contributed by atoms with Crippen molar-refractivity contribution in [3.63, 3.8) is 0 Å². The maximum atomic E-state index is 12.6. The Morgan fingerprint density at radius 2 is 1.71 bits per heavy atom. The normalized spacial score (nSPS) is 10.2. The lowest BCUT2D eigenvalue weighted by molar-refractivity contribution is 0.0606. The summed E-state index contributed by atoms with van der Waals surface area (Å²) in [5.41, 5.74) is 1.99. The summed E-state index contributed by atoms with van der Waals surface area (Å²) in [4.78, 5) is 26.7. The molecule has 0 saturated carbocycles. The Morgan fingerprint density at radius 3 is 2.29 bits per heavy atom. The topological polar surface area (TPSA) is 46.6 Å². The van der Waals surface area contributed by atoms with E-state index in [0.29, 0.717) is 16.3 Å². The molecule has 1 amide bonds. The van der Waals surface area contributed by atoms with Crippen molar-refractivity contribution >= 4 is 28.9 Å². The van der Waals surface area contributed by atoms with Gasteiger partial charge in [0.05, 0.1) is 12.0 Å². The van der Waals surface area contributed by atoms with Crippen molar-refractivity contribution in [2.45, 2.75) is 13.8 Å². The van der Waals surface area contributed by atoms with Crippen LogP contribution in [-0.4, -0.2) is 25.5 Å². The Kier molecular flexibility index (Phi) is 4.75.